The molecule has 0 aromatic heterocycles. The fraction of sp³-hybridized carbons (Fsp3) is 0.300. The van der Waals surface area contributed by atoms with Gasteiger partial charge in [-0.1, -0.05) is 35.0 Å². The summed E-state index contributed by atoms with van der Waals surface area (Å²) >= 11 is 5.60. The predicted molar refractivity (Wildman–Crippen MR) is 107 cm³/mol. The van der Waals surface area contributed by atoms with Gasteiger partial charge in [-0.15, -0.1) is 0 Å². The molecular weight excluding hydrogens is 407 g/mol. The van der Waals surface area contributed by atoms with Gasteiger partial charge in [0, 0.05) is 5.69 Å². The van der Waals surface area contributed by atoms with Gasteiger partial charge < -0.3 is 15.5 Å². The monoisotopic (exact) mass is 427 g/mol. The second-order valence-corrected chi connectivity index (χ2v) is 7.24. The lowest BCUT2D eigenvalue weighted by Gasteiger charge is -2.27. The molecule has 9 heteroatoms. The molecule has 2 aromatic rings. The van der Waals surface area contributed by atoms with Crippen LogP contribution in [0.1, 0.15) is 37.5 Å². The SMILES string of the molecule is CO/N=C(/C)c1cccc(C(C)(C)NC(=O)Nc2ccc(Cl)c(C(F)(F)F)c2)c1. The summed E-state index contributed by atoms with van der Waals surface area (Å²) in [6.07, 6.45) is -4.62. The second-order valence-electron chi connectivity index (χ2n) is 6.84. The molecule has 156 valence electrons. The molecule has 2 N–H and O–H groups in total. The Morgan fingerprint density at radius 3 is 2.45 bits per heavy atom. The van der Waals surface area contributed by atoms with Crippen LogP contribution in [0, 0.1) is 0 Å². The number of carbonyl (C=O) groups excluding carboxylic acids is 1. The summed E-state index contributed by atoms with van der Waals surface area (Å²) in [5.41, 5.74) is 0.404. The Morgan fingerprint density at radius 1 is 1.14 bits per heavy atom. The van der Waals surface area contributed by atoms with E-state index in [4.69, 9.17) is 16.4 Å². The van der Waals surface area contributed by atoms with Crippen LogP contribution in [0.25, 0.3) is 0 Å². The van der Waals surface area contributed by atoms with Gasteiger partial charge in [-0.05, 0) is 56.2 Å². The van der Waals surface area contributed by atoms with E-state index in [1.807, 2.05) is 24.3 Å². The van der Waals surface area contributed by atoms with Crippen molar-refractivity contribution in [2.24, 2.45) is 5.16 Å². The molecule has 2 rings (SSSR count). The van der Waals surface area contributed by atoms with Crippen LogP contribution in [0.3, 0.4) is 0 Å². The number of amides is 2. The third-order valence-corrected chi connectivity index (χ3v) is 4.52. The van der Waals surface area contributed by atoms with Gasteiger partial charge in [-0.25, -0.2) is 4.79 Å². The minimum atomic E-state index is -4.62. The van der Waals surface area contributed by atoms with Crippen LogP contribution < -0.4 is 10.6 Å². The first-order valence-corrected chi connectivity index (χ1v) is 8.96. The lowest BCUT2D eigenvalue weighted by atomic mass is 9.92. The smallest absolute Gasteiger partial charge is 0.399 e. The number of alkyl halides is 3. The molecular formula is C20H21ClF3N3O2. The number of hydrogen-bond donors (Lipinski definition) is 2. The summed E-state index contributed by atoms with van der Waals surface area (Å²) in [5, 5.41) is 8.62. The molecule has 0 aliphatic heterocycles. The Bertz CT molecular complexity index is 927. The standard InChI is InChI=1S/C20H21ClF3N3O2/c1-12(27-29-4)13-6-5-7-14(10-13)19(2,3)26-18(28)25-15-8-9-17(21)16(11-15)20(22,23)24/h5-11H,1-4H3,(H2,25,26,28)/b27-12-. The van der Waals surface area contributed by atoms with Crippen molar-refractivity contribution in [1.29, 1.82) is 0 Å². The fourth-order valence-electron chi connectivity index (χ4n) is 2.66. The molecule has 0 radical (unpaired) electrons. The van der Waals surface area contributed by atoms with Gasteiger partial charge >= 0.3 is 12.2 Å². The number of carbonyl (C=O) groups is 1. The molecule has 0 saturated carbocycles. The number of rotatable bonds is 5. The van der Waals surface area contributed by atoms with Crippen molar-refractivity contribution < 1.29 is 22.8 Å². The van der Waals surface area contributed by atoms with Gasteiger partial charge in [0.15, 0.2) is 0 Å². The van der Waals surface area contributed by atoms with E-state index in [0.29, 0.717) is 5.71 Å². The van der Waals surface area contributed by atoms with Crippen LogP contribution in [0.4, 0.5) is 23.7 Å². The number of oxime groups is 1. The molecule has 0 heterocycles. The molecule has 0 spiro atoms. The van der Waals surface area contributed by atoms with Crippen molar-refractivity contribution in [1.82, 2.24) is 5.32 Å². The Labute approximate surface area is 171 Å². The quantitative estimate of drug-likeness (QED) is 0.469. The molecule has 2 aromatic carbocycles. The third-order valence-electron chi connectivity index (χ3n) is 4.19. The Hall–Kier alpha value is -2.74. The first kappa shape index (κ1) is 22.5. The molecule has 0 bridgehead atoms. The van der Waals surface area contributed by atoms with Crippen LogP contribution in [0.15, 0.2) is 47.6 Å². The van der Waals surface area contributed by atoms with Gasteiger partial charge in [-0.3, -0.25) is 0 Å². The van der Waals surface area contributed by atoms with Crippen molar-refractivity contribution in [3.05, 3.63) is 64.2 Å². The number of benzene rings is 2. The van der Waals surface area contributed by atoms with Gasteiger partial charge in [0.25, 0.3) is 0 Å². The fourth-order valence-corrected chi connectivity index (χ4v) is 2.89. The predicted octanol–water partition coefficient (Wildman–Crippen LogP) is 5.79. The average Bonchev–Trinajstić information content (AvgIpc) is 2.62. The second kappa shape index (κ2) is 8.73. The van der Waals surface area contributed by atoms with E-state index in [-0.39, 0.29) is 5.69 Å². The number of anilines is 1. The highest BCUT2D eigenvalue weighted by Gasteiger charge is 2.33. The third kappa shape index (κ3) is 5.87. The van der Waals surface area contributed by atoms with Crippen LogP contribution in [0.2, 0.25) is 5.02 Å². The Kier molecular flexibility index (Phi) is 6.79. The highest BCUT2D eigenvalue weighted by Crippen LogP contribution is 2.36. The normalized spacial score (nSPS) is 12.5. The summed E-state index contributed by atoms with van der Waals surface area (Å²) in [5.74, 6) is 0. The zero-order valence-electron chi connectivity index (χ0n) is 16.3. The van der Waals surface area contributed by atoms with E-state index in [1.165, 1.54) is 13.2 Å². The van der Waals surface area contributed by atoms with Crippen molar-refractivity contribution in [2.45, 2.75) is 32.5 Å². The van der Waals surface area contributed by atoms with E-state index in [2.05, 4.69) is 15.8 Å². The van der Waals surface area contributed by atoms with Gasteiger partial charge in [0.05, 0.1) is 21.8 Å². The highest BCUT2D eigenvalue weighted by atomic mass is 35.5. The molecule has 0 aliphatic rings. The number of halogens is 4. The maximum Gasteiger partial charge on any atom is 0.417 e. The number of hydrogen-bond acceptors (Lipinski definition) is 3. The highest BCUT2D eigenvalue weighted by molar-refractivity contribution is 6.31. The summed E-state index contributed by atoms with van der Waals surface area (Å²) in [7, 11) is 1.45. The van der Waals surface area contributed by atoms with Crippen molar-refractivity contribution >= 4 is 29.0 Å². The van der Waals surface area contributed by atoms with Gasteiger partial charge in [0.1, 0.15) is 7.11 Å². The van der Waals surface area contributed by atoms with Crippen LogP contribution >= 0.6 is 11.6 Å². The molecule has 2 amide bonds. The maximum atomic E-state index is 13.0. The van der Waals surface area contributed by atoms with E-state index in [9.17, 15) is 18.0 Å². The van der Waals surface area contributed by atoms with Gasteiger partial charge in [0.2, 0.25) is 0 Å². The summed E-state index contributed by atoms with van der Waals surface area (Å²) in [6, 6.07) is 9.87. The summed E-state index contributed by atoms with van der Waals surface area (Å²) in [4.78, 5) is 17.2. The van der Waals surface area contributed by atoms with Crippen molar-refractivity contribution in [3.63, 3.8) is 0 Å². The largest absolute Gasteiger partial charge is 0.417 e. The molecule has 0 unspecified atom stereocenters. The number of nitrogens with one attached hydrogen (secondary N) is 2. The minimum Gasteiger partial charge on any atom is -0.399 e. The lowest BCUT2D eigenvalue weighted by Crippen LogP contribution is -2.43. The average molecular weight is 428 g/mol. The Morgan fingerprint density at radius 2 is 1.83 bits per heavy atom. The van der Waals surface area contributed by atoms with E-state index >= 15 is 0 Å². The molecule has 0 fully saturated rings. The topological polar surface area (TPSA) is 62.7 Å². The Balaban J connectivity index is 2.18. The maximum absolute atomic E-state index is 13.0. The van der Waals surface area contributed by atoms with E-state index < -0.39 is 28.3 Å². The summed E-state index contributed by atoms with van der Waals surface area (Å²) in [6.45, 7) is 5.34. The van der Waals surface area contributed by atoms with Crippen molar-refractivity contribution in [2.75, 3.05) is 12.4 Å². The molecule has 0 aliphatic carbocycles. The van der Waals surface area contributed by atoms with Gasteiger partial charge in [-0.2, -0.15) is 13.2 Å². The summed E-state index contributed by atoms with van der Waals surface area (Å²) < 4.78 is 39.0. The molecule has 29 heavy (non-hydrogen) atoms. The minimum absolute atomic E-state index is 0.0214. The first-order chi connectivity index (χ1) is 13.4. The molecule has 5 nitrogen and oxygen atoms in total. The van der Waals surface area contributed by atoms with Crippen molar-refractivity contribution in [3.8, 4) is 0 Å². The molecule has 0 saturated heterocycles. The zero-order chi connectivity index (χ0) is 21.8. The zero-order valence-corrected chi connectivity index (χ0v) is 17.1. The lowest BCUT2D eigenvalue weighted by molar-refractivity contribution is -0.137. The first-order valence-electron chi connectivity index (χ1n) is 8.58. The molecule has 0 atom stereocenters. The van der Waals surface area contributed by atoms with E-state index in [1.54, 1.807) is 20.8 Å². The number of urea groups is 1. The van der Waals surface area contributed by atoms with Crippen LogP contribution in [0.5, 0.6) is 0 Å². The van der Waals surface area contributed by atoms with Crippen LogP contribution in [-0.2, 0) is 16.6 Å². The van der Waals surface area contributed by atoms with Crippen LogP contribution in [-0.4, -0.2) is 18.9 Å². The number of nitrogens with zero attached hydrogens (tertiary/aromatic N) is 1. The van der Waals surface area contributed by atoms with E-state index in [0.717, 1.165) is 23.3 Å².